The lowest BCUT2D eigenvalue weighted by Gasteiger charge is -1.96. The van der Waals surface area contributed by atoms with Crippen molar-refractivity contribution in [1.29, 1.82) is 0 Å². The van der Waals surface area contributed by atoms with Crippen molar-refractivity contribution in [2.24, 2.45) is 5.73 Å². The number of anilines is 1. The number of hydrogen-bond donors (Lipinski definition) is 2. The van der Waals surface area contributed by atoms with Crippen LogP contribution in [-0.2, 0) is 4.79 Å². The van der Waals surface area contributed by atoms with Crippen LogP contribution in [0.3, 0.4) is 0 Å². The number of nitrogens with two attached hydrogens (primary N) is 1. The molecule has 0 saturated carbocycles. The van der Waals surface area contributed by atoms with Gasteiger partial charge in [-0.15, -0.1) is 0 Å². The fourth-order valence-electron chi connectivity index (χ4n) is 1.26. The van der Waals surface area contributed by atoms with Crippen LogP contribution >= 0.6 is 11.5 Å². The van der Waals surface area contributed by atoms with Crippen molar-refractivity contribution < 1.29 is 9.59 Å². The summed E-state index contributed by atoms with van der Waals surface area (Å²) in [5.74, 6) is -0.580. The molecule has 1 amide bonds. The molecule has 3 N–H and O–H groups in total. The third-order valence-corrected chi connectivity index (χ3v) is 2.73. The smallest absolute Gasteiger partial charge is 0.239 e. The Balaban J connectivity index is 2.15. The Labute approximate surface area is 107 Å². The molecule has 0 aliphatic heterocycles. The molecule has 1 aromatic carbocycles. The standard InChI is InChI=1S/C11H10N4O2S/c12-6-8(16)13-11-14-10(15-18-11)9(17)7-4-2-1-3-5-7/h1-5H,6,12H2,(H,13,14,15,16). The third-order valence-electron chi connectivity index (χ3n) is 2.10. The number of benzene rings is 1. The maximum absolute atomic E-state index is 12.0. The first-order valence-corrected chi connectivity index (χ1v) is 5.91. The van der Waals surface area contributed by atoms with E-state index < -0.39 is 0 Å². The van der Waals surface area contributed by atoms with Crippen molar-refractivity contribution >= 4 is 28.4 Å². The van der Waals surface area contributed by atoms with Crippen LogP contribution in [0, 0.1) is 0 Å². The van der Waals surface area contributed by atoms with Gasteiger partial charge in [-0.25, -0.2) is 0 Å². The van der Waals surface area contributed by atoms with Crippen molar-refractivity contribution in [3.05, 3.63) is 41.7 Å². The molecule has 7 heteroatoms. The number of rotatable bonds is 4. The van der Waals surface area contributed by atoms with Gasteiger partial charge in [-0.1, -0.05) is 30.3 Å². The first kappa shape index (κ1) is 12.3. The van der Waals surface area contributed by atoms with Crippen molar-refractivity contribution in [2.45, 2.75) is 0 Å². The van der Waals surface area contributed by atoms with Crippen LogP contribution in [0.15, 0.2) is 30.3 Å². The van der Waals surface area contributed by atoms with E-state index in [0.717, 1.165) is 11.5 Å². The Morgan fingerprint density at radius 3 is 2.67 bits per heavy atom. The molecular weight excluding hydrogens is 252 g/mol. The number of carbonyl (C=O) groups excluding carboxylic acids is 2. The Morgan fingerprint density at radius 1 is 1.28 bits per heavy atom. The van der Waals surface area contributed by atoms with E-state index in [4.69, 9.17) is 5.73 Å². The minimum atomic E-state index is -0.370. The largest absolute Gasteiger partial charge is 0.322 e. The van der Waals surface area contributed by atoms with Crippen LogP contribution in [0.25, 0.3) is 0 Å². The molecule has 0 saturated heterocycles. The van der Waals surface area contributed by atoms with Gasteiger partial charge in [-0.2, -0.15) is 9.36 Å². The molecule has 0 radical (unpaired) electrons. The fraction of sp³-hybridized carbons (Fsp3) is 0.0909. The molecule has 0 bridgehead atoms. The summed E-state index contributed by atoms with van der Waals surface area (Å²) in [7, 11) is 0. The molecule has 18 heavy (non-hydrogen) atoms. The second-order valence-electron chi connectivity index (χ2n) is 3.37. The maximum atomic E-state index is 12.0. The first-order chi connectivity index (χ1) is 8.70. The molecule has 0 aliphatic rings. The van der Waals surface area contributed by atoms with Gasteiger partial charge >= 0.3 is 0 Å². The quantitative estimate of drug-likeness (QED) is 0.789. The van der Waals surface area contributed by atoms with Crippen LogP contribution in [0.2, 0.25) is 0 Å². The van der Waals surface area contributed by atoms with Crippen molar-refractivity contribution in [1.82, 2.24) is 9.36 Å². The van der Waals surface area contributed by atoms with Gasteiger partial charge < -0.3 is 5.73 Å². The molecule has 0 unspecified atom stereocenters. The second kappa shape index (κ2) is 5.48. The van der Waals surface area contributed by atoms with Crippen LogP contribution in [0.1, 0.15) is 16.2 Å². The SMILES string of the molecule is NCC(=O)Nc1nc(C(=O)c2ccccc2)ns1. The number of carbonyl (C=O) groups is 2. The molecule has 0 fully saturated rings. The molecule has 1 heterocycles. The first-order valence-electron chi connectivity index (χ1n) is 5.14. The summed E-state index contributed by atoms with van der Waals surface area (Å²) in [6, 6.07) is 8.70. The molecule has 92 valence electrons. The van der Waals surface area contributed by atoms with Crippen LogP contribution in [0.5, 0.6) is 0 Å². The highest BCUT2D eigenvalue weighted by molar-refractivity contribution is 7.10. The van der Waals surface area contributed by atoms with E-state index in [2.05, 4.69) is 14.7 Å². The Kier molecular flexibility index (Phi) is 3.75. The minimum absolute atomic E-state index is 0.0681. The molecule has 0 aliphatic carbocycles. The van der Waals surface area contributed by atoms with Gasteiger partial charge in [-0.05, 0) is 0 Å². The monoisotopic (exact) mass is 262 g/mol. The van der Waals surface area contributed by atoms with Gasteiger partial charge in [0.15, 0.2) is 0 Å². The van der Waals surface area contributed by atoms with Gasteiger partial charge in [0, 0.05) is 17.1 Å². The maximum Gasteiger partial charge on any atom is 0.239 e. The van der Waals surface area contributed by atoms with Crippen molar-refractivity contribution in [3.8, 4) is 0 Å². The minimum Gasteiger partial charge on any atom is -0.322 e. The van der Waals surface area contributed by atoms with Crippen LogP contribution in [-0.4, -0.2) is 27.6 Å². The summed E-state index contributed by atoms with van der Waals surface area (Å²) in [5.41, 5.74) is 5.66. The predicted molar refractivity (Wildman–Crippen MR) is 67.5 cm³/mol. The van der Waals surface area contributed by atoms with Gasteiger partial charge in [0.2, 0.25) is 22.6 Å². The summed E-state index contributed by atoms with van der Waals surface area (Å²) in [6.07, 6.45) is 0. The molecule has 0 atom stereocenters. The van der Waals surface area contributed by atoms with Crippen molar-refractivity contribution in [2.75, 3.05) is 11.9 Å². The Hall–Kier alpha value is -2.12. The average Bonchev–Trinajstić information content (AvgIpc) is 2.87. The van der Waals surface area contributed by atoms with E-state index in [9.17, 15) is 9.59 Å². The zero-order valence-electron chi connectivity index (χ0n) is 9.29. The highest BCUT2D eigenvalue weighted by Crippen LogP contribution is 2.14. The number of amides is 1. The number of nitrogens with zero attached hydrogens (tertiary/aromatic N) is 2. The highest BCUT2D eigenvalue weighted by atomic mass is 32.1. The molecule has 1 aromatic heterocycles. The van der Waals surface area contributed by atoms with Gasteiger partial charge in [0.05, 0.1) is 6.54 Å². The van der Waals surface area contributed by atoms with Crippen LogP contribution < -0.4 is 11.1 Å². The third kappa shape index (κ3) is 2.76. The lowest BCUT2D eigenvalue weighted by atomic mass is 10.1. The van der Waals surface area contributed by atoms with Gasteiger partial charge in [0.25, 0.3) is 0 Å². The number of ketones is 1. The Morgan fingerprint density at radius 2 is 2.00 bits per heavy atom. The lowest BCUT2D eigenvalue weighted by Crippen LogP contribution is -2.21. The van der Waals surface area contributed by atoms with E-state index in [1.165, 1.54) is 0 Å². The number of nitrogens with one attached hydrogen (secondary N) is 1. The fourth-order valence-corrected chi connectivity index (χ4v) is 1.84. The van der Waals surface area contributed by atoms with E-state index in [1.54, 1.807) is 24.3 Å². The molecule has 2 aromatic rings. The van der Waals surface area contributed by atoms with Gasteiger partial charge in [-0.3, -0.25) is 14.9 Å². The highest BCUT2D eigenvalue weighted by Gasteiger charge is 2.15. The van der Waals surface area contributed by atoms with E-state index in [-0.39, 0.29) is 29.2 Å². The van der Waals surface area contributed by atoms with Gasteiger partial charge in [0.1, 0.15) is 0 Å². The summed E-state index contributed by atoms with van der Waals surface area (Å²) < 4.78 is 3.91. The topological polar surface area (TPSA) is 98.0 Å². The Bertz CT molecular complexity index is 567. The van der Waals surface area contributed by atoms with E-state index >= 15 is 0 Å². The molecule has 0 spiro atoms. The zero-order chi connectivity index (χ0) is 13.0. The summed E-state index contributed by atoms with van der Waals surface area (Å²) in [4.78, 5) is 27.0. The molecule has 2 rings (SSSR count). The molecule has 6 nitrogen and oxygen atoms in total. The van der Waals surface area contributed by atoms with Crippen LogP contribution in [0.4, 0.5) is 5.13 Å². The van der Waals surface area contributed by atoms with E-state index in [1.807, 2.05) is 6.07 Å². The lowest BCUT2D eigenvalue weighted by molar-refractivity contribution is -0.114. The zero-order valence-corrected chi connectivity index (χ0v) is 10.1. The summed E-state index contributed by atoms with van der Waals surface area (Å²) in [5, 5.41) is 2.72. The molecular formula is C11H10N4O2S. The average molecular weight is 262 g/mol. The number of hydrogen-bond acceptors (Lipinski definition) is 6. The summed E-state index contributed by atoms with van der Waals surface area (Å²) >= 11 is 0.947. The second-order valence-corrected chi connectivity index (χ2v) is 4.12. The van der Waals surface area contributed by atoms with Crippen molar-refractivity contribution in [3.63, 3.8) is 0 Å². The predicted octanol–water partition coefficient (Wildman–Crippen LogP) is 0.666. The number of aromatic nitrogens is 2. The summed E-state index contributed by atoms with van der Waals surface area (Å²) in [6.45, 7) is -0.137. The normalized spacial score (nSPS) is 10.1. The van der Waals surface area contributed by atoms with E-state index in [0.29, 0.717) is 5.56 Å².